The molecule has 1 heterocycles. The minimum Gasteiger partial charge on any atom is -0.873 e. The first-order valence-corrected chi connectivity index (χ1v) is 12.0. The molecule has 4 nitrogen and oxygen atoms in total. The summed E-state index contributed by atoms with van der Waals surface area (Å²) in [5.74, 6) is -0.752. The van der Waals surface area contributed by atoms with Crippen LogP contribution in [0, 0.1) is 0 Å². The standard InChI is InChI=1S/C16H18N2.C14H22O2.Ni/c1-3-13-8-7-9-14(4-2)16(13)18-12-15-10-5-6-11-17-15;1-13(2,3)9-7-10(14(4,5)6)12(16)11(15)8-9;/h5-12H,3-4H2,1-2H3;7-8,15-16H,1-6H3;/q;;+2/p-2. The first-order chi connectivity index (χ1) is 15.9. The Morgan fingerprint density at radius 2 is 1.43 bits per heavy atom. The zero-order valence-electron chi connectivity index (χ0n) is 22.2. The Morgan fingerprint density at radius 1 is 0.829 bits per heavy atom. The number of benzene rings is 2. The smallest absolute Gasteiger partial charge is 0.873 e. The van der Waals surface area contributed by atoms with Gasteiger partial charge in [-0.05, 0) is 52.5 Å². The molecule has 5 heteroatoms. The third-order valence-corrected chi connectivity index (χ3v) is 5.71. The van der Waals surface area contributed by atoms with Gasteiger partial charge in [-0.1, -0.05) is 97.4 Å². The molecule has 0 aliphatic carbocycles. The molecule has 0 N–H and O–H groups in total. The molecule has 0 amide bonds. The van der Waals surface area contributed by atoms with Crippen molar-refractivity contribution in [2.24, 2.45) is 4.99 Å². The van der Waals surface area contributed by atoms with E-state index in [1.165, 1.54) is 17.2 Å². The van der Waals surface area contributed by atoms with E-state index in [2.05, 4.69) is 42.0 Å². The van der Waals surface area contributed by atoms with Gasteiger partial charge in [-0.2, -0.15) is 0 Å². The van der Waals surface area contributed by atoms with Crippen molar-refractivity contribution in [1.29, 1.82) is 0 Å². The first-order valence-electron chi connectivity index (χ1n) is 12.0. The molecule has 0 saturated carbocycles. The summed E-state index contributed by atoms with van der Waals surface area (Å²) in [7, 11) is 0. The Hall–Kier alpha value is -2.65. The van der Waals surface area contributed by atoms with Crippen LogP contribution in [0.3, 0.4) is 0 Å². The molecule has 0 unspecified atom stereocenters. The van der Waals surface area contributed by atoms with Gasteiger partial charge in [0, 0.05) is 6.20 Å². The predicted octanol–water partition coefficient (Wildman–Crippen LogP) is 6.38. The van der Waals surface area contributed by atoms with E-state index in [4.69, 9.17) is 0 Å². The number of pyridine rings is 1. The van der Waals surface area contributed by atoms with Crippen molar-refractivity contribution >= 4 is 11.9 Å². The van der Waals surface area contributed by atoms with Crippen molar-refractivity contribution in [3.63, 3.8) is 0 Å². The molecule has 0 aliphatic heterocycles. The summed E-state index contributed by atoms with van der Waals surface area (Å²) in [6.07, 6.45) is 5.63. The Morgan fingerprint density at radius 3 is 1.89 bits per heavy atom. The number of para-hydroxylation sites is 1. The molecular formula is C30H38N2NiO2. The topological polar surface area (TPSA) is 71.4 Å². The molecule has 0 radical (unpaired) electrons. The minimum atomic E-state index is -0.391. The van der Waals surface area contributed by atoms with Gasteiger partial charge >= 0.3 is 16.5 Å². The second kappa shape index (κ2) is 12.9. The molecule has 35 heavy (non-hydrogen) atoms. The van der Waals surface area contributed by atoms with E-state index in [-0.39, 0.29) is 33.1 Å². The van der Waals surface area contributed by atoms with Crippen LogP contribution >= 0.6 is 0 Å². The van der Waals surface area contributed by atoms with Crippen LogP contribution in [0.4, 0.5) is 5.69 Å². The molecule has 3 aromatic rings. The van der Waals surface area contributed by atoms with Gasteiger partial charge in [-0.15, -0.1) is 11.5 Å². The van der Waals surface area contributed by atoms with Crippen LogP contribution < -0.4 is 10.2 Å². The van der Waals surface area contributed by atoms with Gasteiger partial charge in [0.05, 0.1) is 17.6 Å². The fourth-order valence-electron chi connectivity index (χ4n) is 3.56. The maximum atomic E-state index is 11.8. The molecule has 0 spiro atoms. The molecular weight excluding hydrogens is 479 g/mol. The Labute approximate surface area is 221 Å². The van der Waals surface area contributed by atoms with Gasteiger partial charge in [0.2, 0.25) is 0 Å². The number of rotatable bonds is 4. The number of aromatic nitrogens is 1. The van der Waals surface area contributed by atoms with E-state index >= 15 is 0 Å². The number of aryl methyl sites for hydroxylation is 2. The minimum absolute atomic E-state index is 0. The Bertz CT molecular complexity index is 1090. The number of nitrogens with zero attached hydrogens (tertiary/aromatic N) is 2. The maximum absolute atomic E-state index is 11.8. The van der Waals surface area contributed by atoms with Crippen molar-refractivity contribution in [3.05, 3.63) is 82.7 Å². The number of aliphatic imine (C=N–C) groups is 1. The van der Waals surface area contributed by atoms with Crippen LogP contribution in [0.15, 0.2) is 59.7 Å². The predicted molar refractivity (Wildman–Crippen MR) is 139 cm³/mol. The van der Waals surface area contributed by atoms with Crippen LogP contribution in [-0.2, 0) is 40.2 Å². The Kier molecular flexibility index (Phi) is 11.2. The van der Waals surface area contributed by atoms with Gasteiger partial charge < -0.3 is 10.2 Å². The zero-order valence-corrected chi connectivity index (χ0v) is 23.2. The molecule has 0 fully saturated rings. The van der Waals surface area contributed by atoms with Gasteiger partial charge in [0.1, 0.15) is 0 Å². The summed E-state index contributed by atoms with van der Waals surface area (Å²) in [6.45, 7) is 16.3. The average Bonchev–Trinajstić information content (AvgIpc) is 2.78. The molecule has 0 saturated heterocycles. The molecule has 190 valence electrons. The fraction of sp³-hybridized carbons (Fsp3) is 0.400. The summed E-state index contributed by atoms with van der Waals surface area (Å²) < 4.78 is 0. The SMILES string of the molecule is CC(C)(C)c1cc([O-])c([O-])c(C(C)(C)C)c1.CCc1cccc(CC)c1N=Cc1ccccn1.[Ni+2]. The average molecular weight is 517 g/mol. The van der Waals surface area contributed by atoms with Crippen molar-refractivity contribution in [2.75, 3.05) is 0 Å². The third kappa shape index (κ3) is 8.51. The van der Waals surface area contributed by atoms with E-state index < -0.39 is 5.75 Å². The molecule has 0 aliphatic rings. The molecule has 0 bridgehead atoms. The second-order valence-electron chi connectivity index (χ2n) is 10.5. The number of hydrogen-bond donors (Lipinski definition) is 0. The summed E-state index contributed by atoms with van der Waals surface area (Å²) >= 11 is 0. The van der Waals surface area contributed by atoms with Crippen LogP contribution in [0.2, 0.25) is 0 Å². The Balaban J connectivity index is 0.000000343. The van der Waals surface area contributed by atoms with Crippen LogP contribution in [0.1, 0.15) is 83.3 Å². The molecule has 0 atom stereocenters. The quantitative estimate of drug-likeness (QED) is 0.298. The van der Waals surface area contributed by atoms with Gasteiger partial charge in [0.15, 0.2) is 0 Å². The first kappa shape index (κ1) is 30.4. The summed E-state index contributed by atoms with van der Waals surface area (Å²) in [6, 6.07) is 15.6. The van der Waals surface area contributed by atoms with E-state index in [9.17, 15) is 10.2 Å². The van der Waals surface area contributed by atoms with Crippen molar-refractivity contribution in [2.45, 2.75) is 79.1 Å². The van der Waals surface area contributed by atoms with Crippen LogP contribution in [0.25, 0.3) is 0 Å². The fourth-order valence-corrected chi connectivity index (χ4v) is 3.56. The normalized spacial score (nSPS) is 11.5. The van der Waals surface area contributed by atoms with E-state index in [0.717, 1.165) is 29.8 Å². The van der Waals surface area contributed by atoms with E-state index in [1.54, 1.807) is 6.20 Å². The van der Waals surface area contributed by atoms with Crippen molar-refractivity contribution in [3.8, 4) is 11.5 Å². The number of hydrogen-bond acceptors (Lipinski definition) is 4. The summed E-state index contributed by atoms with van der Waals surface area (Å²) in [4.78, 5) is 8.89. The molecule has 2 aromatic carbocycles. The maximum Gasteiger partial charge on any atom is 2.00 e. The molecule has 3 rings (SSSR count). The van der Waals surface area contributed by atoms with E-state index in [0.29, 0.717) is 5.56 Å². The van der Waals surface area contributed by atoms with Crippen LogP contribution in [-0.4, -0.2) is 11.2 Å². The van der Waals surface area contributed by atoms with Crippen molar-refractivity contribution in [1.82, 2.24) is 4.98 Å². The zero-order chi connectivity index (χ0) is 25.5. The van der Waals surface area contributed by atoms with E-state index in [1.807, 2.05) is 72.0 Å². The second-order valence-corrected chi connectivity index (χ2v) is 10.5. The largest absolute Gasteiger partial charge is 2.00 e. The summed E-state index contributed by atoms with van der Waals surface area (Å²) in [5.41, 5.74) is 5.75. The van der Waals surface area contributed by atoms with Crippen molar-refractivity contribution < 1.29 is 26.7 Å². The third-order valence-electron chi connectivity index (χ3n) is 5.71. The molecule has 1 aromatic heterocycles. The monoisotopic (exact) mass is 516 g/mol. The summed E-state index contributed by atoms with van der Waals surface area (Å²) in [5, 5.41) is 23.4. The van der Waals surface area contributed by atoms with Gasteiger partial charge in [-0.3, -0.25) is 9.98 Å². The van der Waals surface area contributed by atoms with Gasteiger partial charge in [-0.25, -0.2) is 0 Å². The van der Waals surface area contributed by atoms with Crippen LogP contribution in [0.5, 0.6) is 11.5 Å². The van der Waals surface area contributed by atoms with Gasteiger partial charge in [0.25, 0.3) is 0 Å².